The molecule has 1 saturated heterocycles. The Labute approximate surface area is 189 Å². The molecule has 1 unspecified atom stereocenters. The lowest BCUT2D eigenvalue weighted by Crippen LogP contribution is -2.31. The molecule has 2 aromatic carbocycles. The Bertz CT molecular complexity index is 1110. The number of carbonyl (C=O) groups is 3. The zero-order valence-corrected chi connectivity index (χ0v) is 18.0. The number of ether oxygens (including phenoxy) is 2. The molecule has 10 nitrogen and oxygen atoms in total. The van der Waals surface area contributed by atoms with Gasteiger partial charge in [-0.25, -0.2) is 0 Å². The van der Waals surface area contributed by atoms with Gasteiger partial charge in [0.1, 0.15) is 11.5 Å². The van der Waals surface area contributed by atoms with Crippen LogP contribution in [0.4, 0.5) is 5.69 Å². The molecule has 1 aliphatic rings. The first-order valence-corrected chi connectivity index (χ1v) is 10.0. The van der Waals surface area contributed by atoms with E-state index in [9.17, 15) is 29.6 Å². The monoisotopic (exact) mass is 454 g/mol. The van der Waals surface area contributed by atoms with E-state index in [4.69, 9.17) is 9.47 Å². The second-order valence-electron chi connectivity index (χ2n) is 7.31. The van der Waals surface area contributed by atoms with Crippen LogP contribution >= 0.6 is 0 Å². The van der Waals surface area contributed by atoms with Gasteiger partial charge in [0.05, 0.1) is 16.5 Å². The molecule has 172 valence electrons. The van der Waals surface area contributed by atoms with Gasteiger partial charge < -0.3 is 19.5 Å². The number of aliphatic hydroxyl groups is 1. The van der Waals surface area contributed by atoms with Crippen molar-refractivity contribution in [1.29, 1.82) is 0 Å². The summed E-state index contributed by atoms with van der Waals surface area (Å²) < 4.78 is 10.1. The minimum Gasteiger partial charge on any atom is -0.507 e. The molecular formula is C23H22N2O8. The Morgan fingerprint density at radius 2 is 1.76 bits per heavy atom. The number of likely N-dealkylation sites (tertiary alicyclic amines) is 1. The summed E-state index contributed by atoms with van der Waals surface area (Å²) in [5, 5.41) is 21.9. The maximum Gasteiger partial charge on any atom is 0.308 e. The van der Waals surface area contributed by atoms with Crippen LogP contribution in [0.1, 0.15) is 30.5 Å². The number of nitro benzene ring substituents is 1. The number of non-ortho nitro benzene ring substituents is 1. The summed E-state index contributed by atoms with van der Waals surface area (Å²) >= 11 is 0. The molecule has 0 saturated carbocycles. The third-order valence-corrected chi connectivity index (χ3v) is 5.10. The van der Waals surface area contributed by atoms with Gasteiger partial charge in [-0.2, -0.15) is 0 Å². The number of aliphatic hydroxyl groups excluding tert-OH is 1. The molecule has 1 heterocycles. The van der Waals surface area contributed by atoms with Crippen LogP contribution in [0.2, 0.25) is 0 Å². The number of ketones is 1. The summed E-state index contributed by atoms with van der Waals surface area (Å²) in [5.41, 5.74) is 0.374. The normalized spacial score (nSPS) is 17.3. The van der Waals surface area contributed by atoms with Gasteiger partial charge in [-0.1, -0.05) is 12.1 Å². The number of benzene rings is 2. The van der Waals surface area contributed by atoms with Crippen LogP contribution in [0.15, 0.2) is 54.1 Å². The number of Topliss-reactive ketones (excluding diaryl/α,β-unsaturated/α-hetero) is 1. The van der Waals surface area contributed by atoms with Crippen molar-refractivity contribution < 1.29 is 33.9 Å². The predicted octanol–water partition coefficient (Wildman–Crippen LogP) is 2.98. The minimum atomic E-state index is -0.900. The van der Waals surface area contributed by atoms with Crippen LogP contribution in [0.5, 0.6) is 5.75 Å². The highest BCUT2D eigenvalue weighted by Gasteiger charge is 2.45. The number of esters is 1. The lowest BCUT2D eigenvalue weighted by atomic mass is 9.95. The third kappa shape index (κ3) is 5.07. The fourth-order valence-corrected chi connectivity index (χ4v) is 3.62. The molecular weight excluding hydrogens is 432 g/mol. The number of rotatable bonds is 8. The fraction of sp³-hybridized carbons (Fsp3) is 0.261. The van der Waals surface area contributed by atoms with Gasteiger partial charge >= 0.3 is 5.97 Å². The quantitative estimate of drug-likeness (QED) is 0.0940. The van der Waals surface area contributed by atoms with E-state index in [0.29, 0.717) is 18.6 Å². The zero-order chi connectivity index (χ0) is 24.1. The molecule has 0 spiro atoms. The van der Waals surface area contributed by atoms with E-state index in [0.717, 1.165) is 0 Å². The smallest absolute Gasteiger partial charge is 0.308 e. The largest absolute Gasteiger partial charge is 0.507 e. The molecule has 2 aromatic rings. The van der Waals surface area contributed by atoms with E-state index in [2.05, 4.69) is 0 Å². The molecule has 1 N–H and O–H groups in total. The van der Waals surface area contributed by atoms with Gasteiger partial charge in [0.25, 0.3) is 17.4 Å². The highest BCUT2D eigenvalue weighted by atomic mass is 16.6. The molecule has 1 aliphatic heterocycles. The van der Waals surface area contributed by atoms with Crippen LogP contribution in [0.3, 0.4) is 0 Å². The molecule has 0 bridgehead atoms. The first-order chi connectivity index (χ1) is 15.7. The minimum absolute atomic E-state index is 0.133. The fourth-order valence-electron chi connectivity index (χ4n) is 3.62. The first kappa shape index (κ1) is 23.6. The molecule has 1 amide bonds. The van der Waals surface area contributed by atoms with Crippen molar-refractivity contribution in [2.24, 2.45) is 0 Å². The Balaban J connectivity index is 2.07. The highest BCUT2D eigenvalue weighted by molar-refractivity contribution is 6.46. The van der Waals surface area contributed by atoms with Crippen molar-refractivity contribution in [2.75, 3.05) is 20.3 Å². The van der Waals surface area contributed by atoms with E-state index in [1.54, 1.807) is 12.1 Å². The van der Waals surface area contributed by atoms with Gasteiger partial charge in [-0.3, -0.25) is 24.5 Å². The topological polar surface area (TPSA) is 136 Å². The zero-order valence-electron chi connectivity index (χ0n) is 18.0. The van der Waals surface area contributed by atoms with E-state index in [1.165, 1.54) is 55.3 Å². The summed E-state index contributed by atoms with van der Waals surface area (Å²) in [6.07, 6.45) is 0.461. The lowest BCUT2D eigenvalue weighted by Gasteiger charge is -2.25. The molecule has 10 heteroatoms. The molecule has 0 radical (unpaired) electrons. The number of nitrogens with zero attached hydrogens (tertiary/aromatic N) is 2. The Morgan fingerprint density at radius 1 is 1.12 bits per heavy atom. The maximum absolute atomic E-state index is 12.9. The summed E-state index contributed by atoms with van der Waals surface area (Å²) in [4.78, 5) is 48.6. The average Bonchev–Trinajstić information content (AvgIpc) is 3.04. The standard InChI is InChI=1S/C23H22N2O8/c1-14(26)33-18-10-6-15(7-11-18)20-19(22(28)23(29)24(20)12-3-13-32-2)21(27)16-4-8-17(9-5-16)25(30)31/h4-11,20,27H,3,12-13H2,1-2H3/b21-19-. The van der Waals surface area contributed by atoms with Crippen LogP contribution < -0.4 is 4.74 Å². The van der Waals surface area contributed by atoms with Crippen molar-refractivity contribution in [3.05, 3.63) is 75.3 Å². The van der Waals surface area contributed by atoms with Gasteiger partial charge in [0.2, 0.25) is 0 Å². The Hall–Kier alpha value is -4.05. The Morgan fingerprint density at radius 3 is 2.30 bits per heavy atom. The number of nitro groups is 1. The van der Waals surface area contributed by atoms with E-state index in [1.807, 2.05) is 0 Å². The van der Waals surface area contributed by atoms with Crippen molar-refractivity contribution in [1.82, 2.24) is 4.90 Å². The molecule has 0 aliphatic carbocycles. The van der Waals surface area contributed by atoms with Crippen LogP contribution in [-0.2, 0) is 19.1 Å². The van der Waals surface area contributed by atoms with Crippen molar-refractivity contribution in [3.8, 4) is 5.75 Å². The van der Waals surface area contributed by atoms with Gasteiger partial charge in [0.15, 0.2) is 0 Å². The molecule has 33 heavy (non-hydrogen) atoms. The first-order valence-electron chi connectivity index (χ1n) is 10.0. The summed E-state index contributed by atoms with van der Waals surface area (Å²) in [7, 11) is 1.52. The Kier molecular flexibility index (Phi) is 7.19. The SMILES string of the molecule is COCCCN1C(=O)C(=O)/C(=C(\O)c2ccc([N+](=O)[O-])cc2)C1c1ccc(OC(C)=O)cc1. The van der Waals surface area contributed by atoms with Gasteiger partial charge in [-0.05, 0) is 36.2 Å². The van der Waals surface area contributed by atoms with Crippen LogP contribution in [-0.4, -0.2) is 52.9 Å². The molecule has 3 rings (SSSR count). The molecule has 1 fully saturated rings. The second-order valence-corrected chi connectivity index (χ2v) is 7.31. The predicted molar refractivity (Wildman–Crippen MR) is 116 cm³/mol. The number of hydrogen-bond donors (Lipinski definition) is 1. The number of methoxy groups -OCH3 is 1. The molecule has 1 atom stereocenters. The molecule has 0 aromatic heterocycles. The summed E-state index contributed by atoms with van der Waals surface area (Å²) in [6, 6.07) is 10.4. The van der Waals surface area contributed by atoms with E-state index < -0.39 is 34.4 Å². The average molecular weight is 454 g/mol. The van der Waals surface area contributed by atoms with Crippen molar-refractivity contribution in [2.45, 2.75) is 19.4 Å². The van der Waals surface area contributed by atoms with Crippen LogP contribution in [0, 0.1) is 10.1 Å². The number of amides is 1. The van der Waals surface area contributed by atoms with Gasteiger partial charge in [0, 0.05) is 44.9 Å². The highest BCUT2D eigenvalue weighted by Crippen LogP contribution is 2.40. The third-order valence-electron chi connectivity index (χ3n) is 5.10. The van der Waals surface area contributed by atoms with E-state index >= 15 is 0 Å². The summed E-state index contributed by atoms with van der Waals surface area (Å²) in [5.74, 6) is -2.28. The number of carbonyl (C=O) groups excluding carboxylic acids is 3. The maximum atomic E-state index is 12.9. The van der Waals surface area contributed by atoms with Crippen molar-refractivity contribution >= 4 is 29.1 Å². The lowest BCUT2D eigenvalue weighted by molar-refractivity contribution is -0.384. The second kappa shape index (κ2) is 10.0. The summed E-state index contributed by atoms with van der Waals surface area (Å²) in [6.45, 7) is 1.83. The van der Waals surface area contributed by atoms with E-state index in [-0.39, 0.29) is 29.1 Å². The van der Waals surface area contributed by atoms with Gasteiger partial charge in [-0.15, -0.1) is 0 Å². The van der Waals surface area contributed by atoms with Crippen molar-refractivity contribution in [3.63, 3.8) is 0 Å². The number of hydrogen-bond acceptors (Lipinski definition) is 8. The van der Waals surface area contributed by atoms with Crippen LogP contribution in [0.25, 0.3) is 5.76 Å².